The molecule has 5 atom stereocenters. The lowest BCUT2D eigenvalue weighted by atomic mass is 9.79. The van der Waals surface area contributed by atoms with E-state index in [1.807, 2.05) is 0 Å². The number of unbranched alkanes of at least 4 members (excludes halogenated alkanes) is 1. The first-order valence-electron chi connectivity index (χ1n) is 7.37. The zero-order valence-corrected chi connectivity index (χ0v) is 13.7. The lowest BCUT2D eigenvalue weighted by Gasteiger charge is -2.43. The van der Waals surface area contributed by atoms with Crippen LogP contribution in [0.2, 0.25) is 0 Å². The Bertz CT molecular complexity index is 283. The zero-order chi connectivity index (χ0) is 14.4. The average Bonchev–Trinajstić information content (AvgIpc) is 2.37. The van der Waals surface area contributed by atoms with E-state index >= 15 is 0 Å². The number of hydrogen-bond acceptors (Lipinski definition) is 4. The smallest absolute Gasteiger partial charge is 0.185 e. The highest BCUT2D eigenvalue weighted by molar-refractivity contribution is 8.13. The fourth-order valence-corrected chi connectivity index (χ4v) is 3.19. The molecule has 0 N–H and O–H groups in total. The highest BCUT2D eigenvalue weighted by atomic mass is 32.2. The van der Waals surface area contributed by atoms with Crippen LogP contribution in [0.1, 0.15) is 47.5 Å². The minimum Gasteiger partial charge on any atom is -0.352 e. The third kappa shape index (κ3) is 5.09. The maximum atomic E-state index is 11.1. The van der Waals surface area contributed by atoms with Crippen molar-refractivity contribution in [2.24, 2.45) is 17.8 Å². The van der Waals surface area contributed by atoms with Gasteiger partial charge in [0.2, 0.25) is 0 Å². The van der Waals surface area contributed by atoms with Gasteiger partial charge in [-0.2, -0.15) is 0 Å². The summed E-state index contributed by atoms with van der Waals surface area (Å²) in [5.74, 6) is 2.16. The Morgan fingerprint density at radius 1 is 1.21 bits per heavy atom. The fourth-order valence-electron chi connectivity index (χ4n) is 2.41. The maximum Gasteiger partial charge on any atom is 0.185 e. The summed E-state index contributed by atoms with van der Waals surface area (Å²) in [6.07, 6.45) is 2.21. The Labute approximate surface area is 121 Å². The van der Waals surface area contributed by atoms with Crippen LogP contribution < -0.4 is 0 Å². The molecule has 4 heteroatoms. The van der Waals surface area contributed by atoms with Crippen molar-refractivity contribution >= 4 is 16.9 Å². The molecule has 0 aromatic rings. The molecule has 1 aliphatic rings. The summed E-state index contributed by atoms with van der Waals surface area (Å²) in [4.78, 5) is 11.1. The van der Waals surface area contributed by atoms with Gasteiger partial charge in [-0.05, 0) is 18.3 Å². The molecule has 19 heavy (non-hydrogen) atoms. The predicted molar refractivity (Wildman–Crippen MR) is 80.2 cm³/mol. The molecule has 1 heterocycles. The summed E-state index contributed by atoms with van der Waals surface area (Å²) in [5.41, 5.74) is 0. The van der Waals surface area contributed by atoms with E-state index in [0.717, 1.165) is 25.2 Å². The van der Waals surface area contributed by atoms with Crippen LogP contribution in [0, 0.1) is 17.8 Å². The van der Waals surface area contributed by atoms with Crippen LogP contribution in [0.15, 0.2) is 0 Å². The summed E-state index contributed by atoms with van der Waals surface area (Å²) >= 11 is 1.36. The van der Waals surface area contributed by atoms with Crippen molar-refractivity contribution in [1.82, 2.24) is 0 Å². The van der Waals surface area contributed by atoms with Crippen LogP contribution in [0.3, 0.4) is 0 Å². The Kier molecular flexibility index (Phi) is 7.40. The van der Waals surface area contributed by atoms with E-state index in [2.05, 4.69) is 27.7 Å². The van der Waals surface area contributed by atoms with Crippen LogP contribution in [0.25, 0.3) is 0 Å². The van der Waals surface area contributed by atoms with Crippen molar-refractivity contribution in [3.63, 3.8) is 0 Å². The Hall–Kier alpha value is -0.0600. The molecule has 0 amide bonds. The lowest BCUT2D eigenvalue weighted by Crippen LogP contribution is -2.47. The van der Waals surface area contributed by atoms with E-state index < -0.39 is 0 Å². The molecule has 0 saturated carbocycles. The van der Waals surface area contributed by atoms with Crippen molar-refractivity contribution in [3.8, 4) is 0 Å². The van der Waals surface area contributed by atoms with Crippen LogP contribution in [0.4, 0.5) is 0 Å². The van der Waals surface area contributed by atoms with Gasteiger partial charge < -0.3 is 9.47 Å². The third-order valence-electron chi connectivity index (χ3n) is 4.21. The number of hydrogen-bond donors (Lipinski definition) is 0. The number of carbonyl (C=O) groups is 1. The molecule has 112 valence electrons. The second-order valence-corrected chi connectivity index (χ2v) is 6.84. The first-order valence-corrected chi connectivity index (χ1v) is 8.36. The molecule has 0 spiro atoms. The highest BCUT2D eigenvalue weighted by Gasteiger charge is 2.39. The lowest BCUT2D eigenvalue weighted by molar-refractivity contribution is -0.242. The minimum absolute atomic E-state index is 0.115. The van der Waals surface area contributed by atoms with Gasteiger partial charge >= 0.3 is 0 Å². The van der Waals surface area contributed by atoms with Crippen LogP contribution in [0.5, 0.6) is 0 Å². The van der Waals surface area contributed by atoms with E-state index in [4.69, 9.17) is 9.47 Å². The molecule has 1 saturated heterocycles. The third-order valence-corrected chi connectivity index (χ3v) is 5.12. The van der Waals surface area contributed by atoms with Crippen LogP contribution in [-0.4, -0.2) is 29.9 Å². The Morgan fingerprint density at radius 3 is 2.47 bits per heavy atom. The van der Waals surface area contributed by atoms with E-state index in [1.165, 1.54) is 11.8 Å². The van der Waals surface area contributed by atoms with Crippen molar-refractivity contribution in [2.75, 3.05) is 12.4 Å². The molecule has 1 rings (SSSR count). The van der Waals surface area contributed by atoms with Gasteiger partial charge in [-0.1, -0.05) is 45.9 Å². The molecule has 0 bridgehead atoms. The van der Waals surface area contributed by atoms with E-state index in [0.29, 0.717) is 17.8 Å². The molecule has 0 aromatic carbocycles. The quantitative estimate of drug-likeness (QED) is 0.698. The SMILES string of the molecule is CCCCOC1O[C@H](CSC(C)=O)[C@@H](C)[C@H](C)[C@H]1C. The second-order valence-electron chi connectivity index (χ2n) is 5.65. The summed E-state index contributed by atoms with van der Waals surface area (Å²) in [6.45, 7) is 11.2. The Balaban J connectivity index is 2.54. The van der Waals surface area contributed by atoms with E-state index in [9.17, 15) is 4.79 Å². The van der Waals surface area contributed by atoms with Gasteiger partial charge in [0, 0.05) is 25.2 Å². The summed E-state index contributed by atoms with van der Waals surface area (Å²) < 4.78 is 12.0. The molecular weight excluding hydrogens is 260 g/mol. The topological polar surface area (TPSA) is 35.5 Å². The normalized spacial score (nSPS) is 35.3. The maximum absolute atomic E-state index is 11.1. The van der Waals surface area contributed by atoms with Crippen molar-refractivity contribution in [1.29, 1.82) is 0 Å². The van der Waals surface area contributed by atoms with Gasteiger partial charge in [0.15, 0.2) is 11.4 Å². The van der Waals surface area contributed by atoms with Crippen LogP contribution >= 0.6 is 11.8 Å². The van der Waals surface area contributed by atoms with Crippen molar-refractivity contribution in [3.05, 3.63) is 0 Å². The van der Waals surface area contributed by atoms with Gasteiger partial charge in [-0.15, -0.1) is 0 Å². The molecule has 1 aliphatic heterocycles. The number of thioether (sulfide) groups is 1. The minimum atomic E-state index is -0.115. The summed E-state index contributed by atoms with van der Waals surface area (Å²) in [5, 5.41) is 0.158. The average molecular weight is 288 g/mol. The van der Waals surface area contributed by atoms with Gasteiger partial charge in [-0.25, -0.2) is 0 Å². The first-order chi connectivity index (χ1) is 8.97. The van der Waals surface area contributed by atoms with Gasteiger partial charge in [0.1, 0.15) is 0 Å². The van der Waals surface area contributed by atoms with Gasteiger partial charge in [0.05, 0.1) is 6.10 Å². The molecule has 1 fully saturated rings. The monoisotopic (exact) mass is 288 g/mol. The first kappa shape index (κ1) is 17.0. The Morgan fingerprint density at radius 2 is 1.89 bits per heavy atom. The van der Waals surface area contributed by atoms with Gasteiger partial charge in [-0.3, -0.25) is 4.79 Å². The summed E-state index contributed by atoms with van der Waals surface area (Å²) in [7, 11) is 0. The van der Waals surface area contributed by atoms with Crippen LogP contribution in [-0.2, 0) is 14.3 Å². The predicted octanol–water partition coefficient (Wildman–Crippen LogP) is 3.72. The second kappa shape index (κ2) is 8.28. The van der Waals surface area contributed by atoms with Crippen molar-refractivity contribution < 1.29 is 14.3 Å². The molecule has 3 nitrogen and oxygen atoms in total. The number of ether oxygens (including phenoxy) is 2. The van der Waals surface area contributed by atoms with E-state index in [1.54, 1.807) is 6.92 Å². The highest BCUT2D eigenvalue weighted by Crippen LogP contribution is 2.36. The standard InChI is InChI=1S/C15H28O3S/c1-6-7-8-17-15-12(4)10(2)11(3)14(18-15)9-19-13(5)16/h10-12,14-15H,6-9H2,1-5H3/t10-,11-,12+,14+,15?/m0/s1. The molecule has 0 aromatic heterocycles. The molecule has 1 unspecified atom stereocenters. The summed E-state index contributed by atoms with van der Waals surface area (Å²) in [6, 6.07) is 0. The molecule has 0 aliphatic carbocycles. The molecular formula is C15H28O3S. The largest absolute Gasteiger partial charge is 0.352 e. The zero-order valence-electron chi connectivity index (χ0n) is 12.8. The number of carbonyl (C=O) groups excluding carboxylic acids is 1. The van der Waals surface area contributed by atoms with Gasteiger partial charge in [0.25, 0.3) is 0 Å². The van der Waals surface area contributed by atoms with Crippen molar-refractivity contribution in [2.45, 2.75) is 59.9 Å². The number of rotatable bonds is 6. The fraction of sp³-hybridized carbons (Fsp3) is 0.933. The van der Waals surface area contributed by atoms with E-state index in [-0.39, 0.29) is 17.5 Å². The molecule has 0 radical (unpaired) electrons.